The van der Waals surface area contributed by atoms with Gasteiger partial charge in [-0.15, -0.1) is 24.8 Å². The molecule has 0 unspecified atom stereocenters. The van der Waals surface area contributed by atoms with Crippen molar-refractivity contribution >= 4 is 30.7 Å². The van der Waals surface area contributed by atoms with Crippen LogP contribution in [0.5, 0.6) is 0 Å². The molecule has 0 radical (unpaired) electrons. The van der Waals surface area contributed by atoms with E-state index in [9.17, 15) is 13.6 Å². The summed E-state index contributed by atoms with van der Waals surface area (Å²) in [6, 6.07) is 3.04. The lowest BCUT2D eigenvalue weighted by atomic mass is 10.2. The summed E-state index contributed by atoms with van der Waals surface area (Å²) >= 11 is 0. The molecule has 1 heterocycles. The first kappa shape index (κ1) is 18.4. The van der Waals surface area contributed by atoms with Crippen LogP contribution in [-0.4, -0.2) is 29.9 Å². The number of amides is 1. The number of carbonyl (C=O) groups is 1. The molecule has 1 amide bonds. The largest absolute Gasteiger partial charge is 0.346 e. The summed E-state index contributed by atoms with van der Waals surface area (Å²) in [5, 5.41) is 2.08. The molecule has 0 aliphatic carbocycles. The SMILES string of the molecule is Cl.Cl.NCC(F)(F)CNC(=O)c1cccnc1. The number of carbonyl (C=O) groups excluding carboxylic acids is 1. The molecule has 17 heavy (non-hydrogen) atoms. The molecule has 0 saturated heterocycles. The predicted molar refractivity (Wildman–Crippen MR) is 65.1 cm³/mol. The fourth-order valence-corrected chi connectivity index (χ4v) is 0.881. The van der Waals surface area contributed by atoms with E-state index in [0.29, 0.717) is 0 Å². The van der Waals surface area contributed by atoms with Gasteiger partial charge in [-0.2, -0.15) is 0 Å². The number of rotatable bonds is 4. The van der Waals surface area contributed by atoms with E-state index >= 15 is 0 Å². The van der Waals surface area contributed by atoms with Crippen molar-refractivity contribution in [1.29, 1.82) is 0 Å². The Kier molecular flexibility index (Phi) is 8.83. The molecule has 0 atom stereocenters. The molecule has 0 aliphatic rings. The minimum absolute atomic E-state index is 0. The molecule has 0 saturated carbocycles. The quantitative estimate of drug-likeness (QED) is 0.876. The highest BCUT2D eigenvalue weighted by atomic mass is 35.5. The van der Waals surface area contributed by atoms with Gasteiger partial charge in [0.15, 0.2) is 0 Å². The van der Waals surface area contributed by atoms with Crippen LogP contribution in [0.25, 0.3) is 0 Å². The predicted octanol–water partition coefficient (Wildman–Crippen LogP) is 1.25. The number of nitrogens with two attached hydrogens (primary N) is 1. The third-order valence-electron chi connectivity index (χ3n) is 1.73. The van der Waals surface area contributed by atoms with Gasteiger partial charge in [0.1, 0.15) is 0 Å². The average Bonchev–Trinajstić information content (AvgIpc) is 2.27. The van der Waals surface area contributed by atoms with Gasteiger partial charge in [0, 0.05) is 12.4 Å². The number of halogens is 4. The lowest BCUT2D eigenvalue weighted by Crippen LogP contribution is -2.41. The lowest BCUT2D eigenvalue weighted by Gasteiger charge is -2.14. The first-order valence-electron chi connectivity index (χ1n) is 4.31. The van der Waals surface area contributed by atoms with E-state index in [1.54, 1.807) is 6.07 Å². The number of nitrogens with zero attached hydrogens (tertiary/aromatic N) is 1. The maximum Gasteiger partial charge on any atom is 0.277 e. The molecule has 0 aliphatic heterocycles. The van der Waals surface area contributed by atoms with Crippen LogP contribution < -0.4 is 11.1 Å². The molecule has 0 bridgehead atoms. The molecule has 0 fully saturated rings. The summed E-state index contributed by atoms with van der Waals surface area (Å²) < 4.78 is 25.3. The molecule has 1 aromatic heterocycles. The van der Waals surface area contributed by atoms with Crippen molar-refractivity contribution in [2.45, 2.75) is 5.92 Å². The van der Waals surface area contributed by atoms with E-state index in [0.717, 1.165) is 0 Å². The number of alkyl halides is 2. The maximum absolute atomic E-state index is 12.7. The van der Waals surface area contributed by atoms with Crippen molar-refractivity contribution in [3.63, 3.8) is 0 Å². The van der Waals surface area contributed by atoms with Crippen molar-refractivity contribution in [2.24, 2.45) is 5.73 Å². The van der Waals surface area contributed by atoms with Gasteiger partial charge < -0.3 is 11.1 Å². The van der Waals surface area contributed by atoms with Gasteiger partial charge in [-0.1, -0.05) is 0 Å². The van der Waals surface area contributed by atoms with Crippen LogP contribution in [-0.2, 0) is 0 Å². The maximum atomic E-state index is 12.7. The standard InChI is InChI=1S/C9H11F2N3O.2ClH/c10-9(11,5-12)6-14-8(15)7-2-1-3-13-4-7;;/h1-4H,5-6,12H2,(H,14,15);2*1H. The zero-order valence-electron chi connectivity index (χ0n) is 8.73. The monoisotopic (exact) mass is 287 g/mol. The molecule has 0 spiro atoms. The van der Waals surface area contributed by atoms with Crippen LogP contribution in [0.3, 0.4) is 0 Å². The van der Waals surface area contributed by atoms with E-state index in [1.807, 2.05) is 0 Å². The van der Waals surface area contributed by atoms with Crippen molar-refractivity contribution < 1.29 is 13.6 Å². The molecule has 1 rings (SSSR count). The van der Waals surface area contributed by atoms with Crippen molar-refractivity contribution in [1.82, 2.24) is 10.3 Å². The zero-order chi connectivity index (χ0) is 11.3. The van der Waals surface area contributed by atoms with Crippen molar-refractivity contribution in [3.05, 3.63) is 30.1 Å². The van der Waals surface area contributed by atoms with Gasteiger partial charge in [-0.05, 0) is 12.1 Å². The average molecular weight is 288 g/mol. The van der Waals surface area contributed by atoms with Crippen LogP contribution >= 0.6 is 24.8 Å². The third-order valence-corrected chi connectivity index (χ3v) is 1.73. The van der Waals surface area contributed by atoms with Gasteiger partial charge >= 0.3 is 0 Å². The molecule has 98 valence electrons. The first-order valence-corrected chi connectivity index (χ1v) is 4.31. The van der Waals surface area contributed by atoms with E-state index in [2.05, 4.69) is 10.3 Å². The molecule has 8 heteroatoms. The number of pyridine rings is 1. The molecular weight excluding hydrogens is 275 g/mol. The Balaban J connectivity index is 0. The zero-order valence-corrected chi connectivity index (χ0v) is 10.4. The Morgan fingerprint density at radius 3 is 2.59 bits per heavy atom. The first-order chi connectivity index (χ1) is 7.05. The minimum Gasteiger partial charge on any atom is -0.346 e. The van der Waals surface area contributed by atoms with Crippen molar-refractivity contribution in [2.75, 3.05) is 13.1 Å². The Morgan fingerprint density at radius 1 is 1.47 bits per heavy atom. The summed E-state index contributed by atoms with van der Waals surface area (Å²) in [5.74, 6) is -3.66. The summed E-state index contributed by atoms with van der Waals surface area (Å²) in [6.45, 7) is -1.56. The third kappa shape index (κ3) is 6.35. The Hall–Kier alpha value is -0.980. The second-order valence-electron chi connectivity index (χ2n) is 2.98. The normalized spacial score (nSPS) is 9.82. The fourth-order valence-electron chi connectivity index (χ4n) is 0.881. The van der Waals surface area contributed by atoms with Crippen LogP contribution in [0, 0.1) is 0 Å². The van der Waals surface area contributed by atoms with E-state index < -0.39 is 24.9 Å². The Morgan fingerprint density at radius 2 is 2.12 bits per heavy atom. The van der Waals surface area contributed by atoms with Gasteiger partial charge in [-0.3, -0.25) is 9.78 Å². The van der Waals surface area contributed by atoms with E-state index in [4.69, 9.17) is 5.73 Å². The summed E-state index contributed by atoms with van der Waals surface area (Å²) in [7, 11) is 0. The van der Waals surface area contributed by atoms with Crippen LogP contribution in [0.15, 0.2) is 24.5 Å². The second kappa shape index (κ2) is 8.16. The highest BCUT2D eigenvalue weighted by Gasteiger charge is 2.27. The molecular formula is C9H13Cl2F2N3O. The van der Waals surface area contributed by atoms with Gasteiger partial charge in [0.25, 0.3) is 11.8 Å². The number of aromatic nitrogens is 1. The van der Waals surface area contributed by atoms with Gasteiger partial charge in [0.2, 0.25) is 0 Å². The summed E-state index contributed by atoms with van der Waals surface area (Å²) in [5.41, 5.74) is 5.06. The van der Waals surface area contributed by atoms with Gasteiger partial charge in [-0.25, -0.2) is 8.78 Å². The Labute approximate surface area is 110 Å². The fraction of sp³-hybridized carbons (Fsp3) is 0.333. The van der Waals surface area contributed by atoms with E-state index in [1.165, 1.54) is 18.5 Å². The molecule has 1 aromatic rings. The highest BCUT2D eigenvalue weighted by molar-refractivity contribution is 5.93. The van der Waals surface area contributed by atoms with E-state index in [-0.39, 0.29) is 30.4 Å². The van der Waals surface area contributed by atoms with Crippen LogP contribution in [0.4, 0.5) is 8.78 Å². The second-order valence-corrected chi connectivity index (χ2v) is 2.98. The number of hydrogen-bond acceptors (Lipinski definition) is 3. The summed E-state index contributed by atoms with van der Waals surface area (Å²) in [4.78, 5) is 15.0. The highest BCUT2D eigenvalue weighted by Crippen LogP contribution is 2.09. The van der Waals surface area contributed by atoms with Gasteiger partial charge in [0.05, 0.1) is 18.7 Å². The van der Waals surface area contributed by atoms with Crippen LogP contribution in [0.2, 0.25) is 0 Å². The molecule has 0 aromatic carbocycles. The van der Waals surface area contributed by atoms with Crippen molar-refractivity contribution in [3.8, 4) is 0 Å². The lowest BCUT2D eigenvalue weighted by molar-refractivity contribution is 0.0118. The Bertz CT molecular complexity index is 338. The summed E-state index contributed by atoms with van der Waals surface area (Å²) in [6.07, 6.45) is 2.79. The number of nitrogens with one attached hydrogen (secondary N) is 1. The minimum atomic E-state index is -3.07. The number of hydrogen-bond donors (Lipinski definition) is 2. The topological polar surface area (TPSA) is 68.0 Å². The molecule has 4 nitrogen and oxygen atoms in total. The van der Waals surface area contributed by atoms with Crippen LogP contribution in [0.1, 0.15) is 10.4 Å². The smallest absolute Gasteiger partial charge is 0.277 e. The molecule has 3 N–H and O–H groups in total.